The number of carbonyl (C=O) groups is 3. The summed E-state index contributed by atoms with van der Waals surface area (Å²) in [6, 6.07) is 9.82. The van der Waals surface area contributed by atoms with E-state index in [0.29, 0.717) is 5.56 Å². The van der Waals surface area contributed by atoms with Crippen molar-refractivity contribution in [2.45, 2.75) is 19.6 Å². The predicted molar refractivity (Wildman–Crippen MR) is 92.9 cm³/mol. The molecule has 8 heteroatoms. The number of ketones is 1. The third-order valence-electron chi connectivity index (χ3n) is 3.57. The quantitative estimate of drug-likeness (QED) is 0.575. The van der Waals surface area contributed by atoms with Gasteiger partial charge in [-0.05, 0) is 48.9 Å². The highest BCUT2D eigenvalue weighted by Crippen LogP contribution is 2.08. The average Bonchev–Trinajstić information content (AvgIpc) is 2.66. The second-order valence-electron chi connectivity index (χ2n) is 5.67. The SMILES string of the molecule is C[C@@H](OC(=O)CNC(=O)NCc1ccc(F)cc1)C(=O)c1ccc(F)cc1. The molecule has 2 rings (SSSR count). The summed E-state index contributed by atoms with van der Waals surface area (Å²) in [4.78, 5) is 35.5. The lowest BCUT2D eigenvalue weighted by Gasteiger charge is -2.13. The zero-order valence-corrected chi connectivity index (χ0v) is 14.5. The molecule has 0 aliphatic heterocycles. The largest absolute Gasteiger partial charge is 0.453 e. The van der Waals surface area contributed by atoms with Crippen LogP contribution in [0.15, 0.2) is 48.5 Å². The molecule has 1 atom stereocenters. The molecule has 0 aliphatic carbocycles. The molecular weight excluding hydrogens is 358 g/mol. The van der Waals surface area contributed by atoms with Crippen LogP contribution < -0.4 is 10.6 Å². The third kappa shape index (κ3) is 6.50. The minimum absolute atomic E-state index is 0.153. The zero-order chi connectivity index (χ0) is 19.8. The van der Waals surface area contributed by atoms with Crippen LogP contribution in [-0.2, 0) is 16.1 Å². The third-order valence-corrected chi connectivity index (χ3v) is 3.57. The molecule has 0 radical (unpaired) electrons. The van der Waals surface area contributed by atoms with E-state index in [1.807, 2.05) is 0 Å². The number of ether oxygens (including phenoxy) is 1. The van der Waals surface area contributed by atoms with Crippen molar-refractivity contribution < 1.29 is 27.9 Å². The van der Waals surface area contributed by atoms with E-state index in [1.165, 1.54) is 43.3 Å². The van der Waals surface area contributed by atoms with Gasteiger partial charge in [0.1, 0.15) is 18.2 Å². The minimum atomic E-state index is -1.08. The van der Waals surface area contributed by atoms with E-state index < -0.39 is 36.2 Å². The molecule has 0 bridgehead atoms. The van der Waals surface area contributed by atoms with Gasteiger partial charge in [0.2, 0.25) is 5.78 Å². The van der Waals surface area contributed by atoms with Crippen LogP contribution in [0.5, 0.6) is 0 Å². The second kappa shape index (κ2) is 9.42. The van der Waals surface area contributed by atoms with Gasteiger partial charge in [-0.2, -0.15) is 0 Å². The second-order valence-corrected chi connectivity index (χ2v) is 5.67. The molecule has 0 spiro atoms. The van der Waals surface area contributed by atoms with Crippen molar-refractivity contribution in [3.8, 4) is 0 Å². The van der Waals surface area contributed by atoms with E-state index in [1.54, 1.807) is 0 Å². The summed E-state index contributed by atoms with van der Waals surface area (Å²) >= 11 is 0. The highest BCUT2D eigenvalue weighted by atomic mass is 19.1. The van der Waals surface area contributed by atoms with Gasteiger partial charge in [-0.15, -0.1) is 0 Å². The first kappa shape index (κ1) is 20.0. The van der Waals surface area contributed by atoms with Gasteiger partial charge in [-0.3, -0.25) is 9.59 Å². The number of carbonyl (C=O) groups excluding carboxylic acids is 3. The Morgan fingerprint density at radius 1 is 0.926 bits per heavy atom. The maximum Gasteiger partial charge on any atom is 0.326 e. The van der Waals surface area contributed by atoms with Crippen molar-refractivity contribution >= 4 is 17.8 Å². The molecule has 0 unspecified atom stereocenters. The van der Waals surface area contributed by atoms with Crippen molar-refractivity contribution in [3.05, 3.63) is 71.3 Å². The summed E-state index contributed by atoms with van der Waals surface area (Å²) in [5, 5.41) is 4.79. The van der Waals surface area contributed by atoms with Gasteiger partial charge in [0.15, 0.2) is 6.10 Å². The lowest BCUT2D eigenvalue weighted by molar-refractivity contribution is -0.144. The number of halogens is 2. The van der Waals surface area contributed by atoms with E-state index in [4.69, 9.17) is 4.74 Å². The van der Waals surface area contributed by atoms with Crippen molar-refractivity contribution in [2.75, 3.05) is 6.54 Å². The number of Topliss-reactive ketones (excluding diaryl/α,β-unsaturated/α-hetero) is 1. The Kier molecular flexibility index (Phi) is 6.99. The van der Waals surface area contributed by atoms with Crippen LogP contribution in [0.1, 0.15) is 22.8 Å². The van der Waals surface area contributed by atoms with Crippen LogP contribution in [0.2, 0.25) is 0 Å². The molecule has 6 nitrogen and oxygen atoms in total. The van der Waals surface area contributed by atoms with Crippen molar-refractivity contribution in [3.63, 3.8) is 0 Å². The molecule has 0 heterocycles. The number of rotatable bonds is 7. The summed E-state index contributed by atoms with van der Waals surface area (Å²) in [5.41, 5.74) is 0.898. The van der Waals surface area contributed by atoms with E-state index in [-0.39, 0.29) is 17.9 Å². The van der Waals surface area contributed by atoms with Gasteiger partial charge in [-0.25, -0.2) is 13.6 Å². The Morgan fingerprint density at radius 2 is 1.48 bits per heavy atom. The van der Waals surface area contributed by atoms with Crippen molar-refractivity contribution in [2.24, 2.45) is 0 Å². The van der Waals surface area contributed by atoms with E-state index >= 15 is 0 Å². The number of amides is 2. The number of benzene rings is 2. The van der Waals surface area contributed by atoms with Gasteiger partial charge in [0, 0.05) is 12.1 Å². The summed E-state index contributed by atoms with van der Waals surface area (Å²) in [5.74, 6) is -2.14. The first-order chi connectivity index (χ1) is 12.8. The number of hydrogen-bond donors (Lipinski definition) is 2. The maximum atomic E-state index is 12.9. The summed E-state index contributed by atoms with van der Waals surface area (Å²) in [6.07, 6.45) is -1.08. The Labute approximate surface area is 154 Å². The molecule has 2 amide bonds. The van der Waals surface area contributed by atoms with Crippen LogP contribution in [0.4, 0.5) is 13.6 Å². The first-order valence-electron chi connectivity index (χ1n) is 8.10. The lowest BCUT2D eigenvalue weighted by Crippen LogP contribution is -2.39. The highest BCUT2D eigenvalue weighted by molar-refractivity contribution is 6.00. The fraction of sp³-hybridized carbons (Fsp3) is 0.211. The Balaban J connectivity index is 1.72. The Hall–Kier alpha value is -3.29. The molecule has 142 valence electrons. The fourth-order valence-corrected chi connectivity index (χ4v) is 2.14. The fourth-order valence-electron chi connectivity index (χ4n) is 2.14. The molecule has 0 saturated carbocycles. The van der Waals surface area contributed by atoms with E-state index in [0.717, 1.165) is 12.1 Å². The van der Waals surface area contributed by atoms with Crippen molar-refractivity contribution in [1.29, 1.82) is 0 Å². The molecule has 0 aromatic heterocycles. The summed E-state index contributed by atoms with van der Waals surface area (Å²) in [6.45, 7) is 1.11. The van der Waals surface area contributed by atoms with E-state index in [2.05, 4.69) is 10.6 Å². The normalized spacial score (nSPS) is 11.4. The molecule has 2 aromatic rings. The van der Waals surface area contributed by atoms with E-state index in [9.17, 15) is 23.2 Å². The van der Waals surface area contributed by atoms with Crippen LogP contribution in [0.3, 0.4) is 0 Å². The van der Waals surface area contributed by atoms with Gasteiger partial charge < -0.3 is 15.4 Å². The summed E-state index contributed by atoms with van der Waals surface area (Å²) < 4.78 is 30.6. The smallest absolute Gasteiger partial charge is 0.326 e. The number of urea groups is 1. The standard InChI is InChI=1S/C19H18F2N2O4/c1-12(18(25)14-4-8-16(21)9-5-14)27-17(24)11-23-19(26)22-10-13-2-6-15(20)7-3-13/h2-9,12H,10-11H2,1H3,(H2,22,23,26)/t12-/m1/s1. The lowest BCUT2D eigenvalue weighted by atomic mass is 10.1. The molecule has 27 heavy (non-hydrogen) atoms. The van der Waals surface area contributed by atoms with Crippen LogP contribution in [-0.4, -0.2) is 30.4 Å². The highest BCUT2D eigenvalue weighted by Gasteiger charge is 2.19. The zero-order valence-electron chi connectivity index (χ0n) is 14.5. The van der Waals surface area contributed by atoms with Gasteiger partial charge in [0.25, 0.3) is 0 Å². The molecular formula is C19H18F2N2O4. The molecule has 2 N–H and O–H groups in total. The minimum Gasteiger partial charge on any atom is -0.453 e. The topological polar surface area (TPSA) is 84.5 Å². The predicted octanol–water partition coefficient (Wildman–Crippen LogP) is 2.58. The molecule has 0 fully saturated rings. The number of nitrogens with one attached hydrogen (secondary N) is 2. The molecule has 2 aromatic carbocycles. The Bertz CT molecular complexity index is 807. The van der Waals surface area contributed by atoms with Gasteiger partial charge in [-0.1, -0.05) is 12.1 Å². The summed E-state index contributed by atoms with van der Waals surface area (Å²) in [7, 11) is 0. The maximum absolute atomic E-state index is 12.9. The van der Waals surface area contributed by atoms with Crippen LogP contribution in [0.25, 0.3) is 0 Å². The Morgan fingerprint density at radius 3 is 2.07 bits per heavy atom. The molecule has 0 saturated heterocycles. The van der Waals surface area contributed by atoms with Crippen LogP contribution in [0, 0.1) is 11.6 Å². The van der Waals surface area contributed by atoms with Gasteiger partial charge >= 0.3 is 12.0 Å². The first-order valence-corrected chi connectivity index (χ1v) is 8.10. The van der Waals surface area contributed by atoms with Crippen molar-refractivity contribution in [1.82, 2.24) is 10.6 Å². The molecule has 0 aliphatic rings. The average molecular weight is 376 g/mol. The monoisotopic (exact) mass is 376 g/mol. The van der Waals surface area contributed by atoms with Crippen LogP contribution >= 0.6 is 0 Å². The number of hydrogen-bond acceptors (Lipinski definition) is 4. The van der Waals surface area contributed by atoms with Gasteiger partial charge in [0.05, 0.1) is 0 Å². The number of esters is 1.